The SMILES string of the molecule is CC(C)(C)OC(=O)N1CC2(CCNCC2)c2cc(Br)ccc21.Cl. The van der Waals surface area contributed by atoms with Crippen LogP contribution in [0.25, 0.3) is 0 Å². The monoisotopic (exact) mass is 402 g/mol. The van der Waals surface area contributed by atoms with Crippen LogP contribution in [0, 0.1) is 0 Å². The van der Waals surface area contributed by atoms with E-state index in [1.54, 1.807) is 0 Å². The molecular formula is C17H24BrClN2O2. The van der Waals surface area contributed by atoms with Gasteiger partial charge in [-0.15, -0.1) is 12.4 Å². The fourth-order valence-corrected chi connectivity index (χ4v) is 3.82. The van der Waals surface area contributed by atoms with Gasteiger partial charge in [0.15, 0.2) is 0 Å². The summed E-state index contributed by atoms with van der Waals surface area (Å²) in [7, 11) is 0. The van der Waals surface area contributed by atoms with Crippen LogP contribution < -0.4 is 10.2 Å². The molecule has 1 amide bonds. The summed E-state index contributed by atoms with van der Waals surface area (Å²) in [4.78, 5) is 14.4. The van der Waals surface area contributed by atoms with Crippen molar-refractivity contribution in [1.82, 2.24) is 5.32 Å². The number of nitrogens with one attached hydrogen (secondary N) is 1. The summed E-state index contributed by atoms with van der Waals surface area (Å²) >= 11 is 3.57. The number of piperidine rings is 1. The second kappa shape index (κ2) is 6.61. The summed E-state index contributed by atoms with van der Waals surface area (Å²) in [6.45, 7) is 8.43. The molecular weight excluding hydrogens is 380 g/mol. The van der Waals surface area contributed by atoms with Crippen LogP contribution in [-0.2, 0) is 10.2 Å². The number of ether oxygens (including phenoxy) is 1. The predicted molar refractivity (Wildman–Crippen MR) is 98.8 cm³/mol. The Balaban J connectivity index is 0.00000192. The molecule has 6 heteroatoms. The first-order chi connectivity index (χ1) is 10.3. The second-order valence-electron chi connectivity index (χ2n) is 7.26. The molecule has 0 aliphatic carbocycles. The topological polar surface area (TPSA) is 41.6 Å². The molecule has 0 unspecified atom stereocenters. The molecule has 0 bridgehead atoms. The summed E-state index contributed by atoms with van der Waals surface area (Å²) in [5.41, 5.74) is 1.85. The van der Waals surface area contributed by atoms with E-state index in [4.69, 9.17) is 4.74 Å². The quantitative estimate of drug-likeness (QED) is 0.704. The van der Waals surface area contributed by atoms with E-state index in [1.807, 2.05) is 37.8 Å². The van der Waals surface area contributed by atoms with E-state index in [0.717, 1.165) is 42.6 Å². The highest BCUT2D eigenvalue weighted by atomic mass is 79.9. The van der Waals surface area contributed by atoms with Crippen molar-refractivity contribution < 1.29 is 9.53 Å². The minimum Gasteiger partial charge on any atom is -0.443 e. The number of fused-ring (bicyclic) bond motifs is 2. The lowest BCUT2D eigenvalue weighted by atomic mass is 9.75. The van der Waals surface area contributed by atoms with Gasteiger partial charge >= 0.3 is 6.09 Å². The fourth-order valence-electron chi connectivity index (χ4n) is 3.45. The highest BCUT2D eigenvalue weighted by molar-refractivity contribution is 9.10. The molecule has 1 aromatic carbocycles. The zero-order valence-electron chi connectivity index (χ0n) is 13.8. The Labute approximate surface area is 152 Å². The molecule has 4 nitrogen and oxygen atoms in total. The molecule has 128 valence electrons. The first kappa shape index (κ1) is 18.6. The lowest BCUT2D eigenvalue weighted by molar-refractivity contribution is 0.0575. The van der Waals surface area contributed by atoms with E-state index in [9.17, 15) is 4.79 Å². The zero-order chi connectivity index (χ0) is 16.0. The molecule has 2 aliphatic heterocycles. The predicted octanol–water partition coefficient (Wildman–Crippen LogP) is 4.25. The molecule has 2 heterocycles. The summed E-state index contributed by atoms with van der Waals surface area (Å²) in [5, 5.41) is 3.42. The molecule has 0 atom stereocenters. The van der Waals surface area contributed by atoms with Gasteiger partial charge in [-0.1, -0.05) is 15.9 Å². The third kappa shape index (κ3) is 3.67. The van der Waals surface area contributed by atoms with Crippen molar-refractivity contribution in [2.24, 2.45) is 0 Å². The first-order valence-corrected chi connectivity index (χ1v) is 8.61. The maximum absolute atomic E-state index is 12.6. The van der Waals surface area contributed by atoms with Gasteiger partial charge in [0.05, 0.1) is 5.69 Å². The number of carbonyl (C=O) groups is 1. The van der Waals surface area contributed by atoms with Crippen LogP contribution >= 0.6 is 28.3 Å². The number of halogens is 2. The molecule has 1 spiro atoms. The van der Waals surface area contributed by atoms with Gasteiger partial charge in [-0.3, -0.25) is 4.90 Å². The number of benzene rings is 1. The smallest absolute Gasteiger partial charge is 0.414 e. The van der Waals surface area contributed by atoms with Gasteiger partial charge in [-0.25, -0.2) is 4.79 Å². The molecule has 0 radical (unpaired) electrons. The summed E-state index contributed by atoms with van der Waals surface area (Å²) in [6, 6.07) is 6.20. The average Bonchev–Trinajstić information content (AvgIpc) is 2.72. The lowest BCUT2D eigenvalue weighted by Crippen LogP contribution is -2.45. The van der Waals surface area contributed by atoms with Crippen molar-refractivity contribution in [2.45, 2.75) is 44.6 Å². The normalized spacial score (nSPS) is 19.2. The maximum atomic E-state index is 12.6. The third-order valence-corrected chi connectivity index (χ3v) is 4.95. The second-order valence-corrected chi connectivity index (χ2v) is 8.17. The molecule has 1 aromatic rings. The zero-order valence-corrected chi connectivity index (χ0v) is 16.2. The van der Waals surface area contributed by atoms with E-state index < -0.39 is 5.60 Å². The number of hydrogen-bond acceptors (Lipinski definition) is 3. The van der Waals surface area contributed by atoms with Crippen molar-refractivity contribution in [3.8, 4) is 0 Å². The highest BCUT2D eigenvalue weighted by Gasteiger charge is 2.46. The fraction of sp³-hybridized carbons (Fsp3) is 0.588. The van der Waals surface area contributed by atoms with E-state index in [0.29, 0.717) is 0 Å². The van der Waals surface area contributed by atoms with E-state index in [2.05, 4.69) is 27.3 Å². The van der Waals surface area contributed by atoms with E-state index in [-0.39, 0.29) is 23.9 Å². The minimum absolute atomic E-state index is 0. The Hall–Kier alpha value is -0.780. The Morgan fingerprint density at radius 1 is 1.30 bits per heavy atom. The Morgan fingerprint density at radius 3 is 2.57 bits per heavy atom. The molecule has 1 saturated heterocycles. The number of carbonyl (C=O) groups excluding carboxylic acids is 1. The molecule has 1 fully saturated rings. The summed E-state index contributed by atoms with van der Waals surface area (Å²) in [6.07, 6.45) is 1.86. The van der Waals surface area contributed by atoms with Gasteiger partial charge in [-0.2, -0.15) is 0 Å². The minimum atomic E-state index is -0.476. The molecule has 3 rings (SSSR count). The van der Waals surface area contributed by atoms with Gasteiger partial charge in [0.1, 0.15) is 5.60 Å². The van der Waals surface area contributed by atoms with Crippen LogP contribution in [0.2, 0.25) is 0 Å². The Morgan fingerprint density at radius 2 is 1.96 bits per heavy atom. The van der Waals surface area contributed by atoms with Crippen molar-refractivity contribution in [1.29, 1.82) is 0 Å². The highest BCUT2D eigenvalue weighted by Crippen LogP contribution is 2.47. The van der Waals surface area contributed by atoms with Crippen molar-refractivity contribution >= 4 is 40.1 Å². The molecule has 0 saturated carbocycles. The van der Waals surface area contributed by atoms with E-state index >= 15 is 0 Å². The lowest BCUT2D eigenvalue weighted by Gasteiger charge is -2.34. The maximum Gasteiger partial charge on any atom is 0.414 e. The van der Waals surface area contributed by atoms with Crippen molar-refractivity contribution in [3.05, 3.63) is 28.2 Å². The van der Waals surface area contributed by atoms with Crippen LogP contribution in [0.15, 0.2) is 22.7 Å². The molecule has 1 N–H and O–H groups in total. The standard InChI is InChI=1S/C17H23BrN2O2.ClH/c1-16(2,3)22-15(21)20-11-17(6-8-19-9-7-17)13-10-12(18)4-5-14(13)20;/h4-5,10,19H,6-9,11H2,1-3H3;1H. The van der Waals surface area contributed by atoms with Gasteiger partial charge in [0.2, 0.25) is 0 Å². The number of amides is 1. The van der Waals surface area contributed by atoms with Crippen LogP contribution in [-0.4, -0.2) is 31.3 Å². The van der Waals surface area contributed by atoms with Gasteiger partial charge < -0.3 is 10.1 Å². The molecule has 0 aromatic heterocycles. The van der Waals surface area contributed by atoms with Crippen LogP contribution in [0.4, 0.5) is 10.5 Å². The number of hydrogen-bond donors (Lipinski definition) is 1. The van der Waals surface area contributed by atoms with Crippen LogP contribution in [0.1, 0.15) is 39.2 Å². The Bertz CT molecular complexity index is 595. The summed E-state index contributed by atoms with van der Waals surface area (Å²) in [5.74, 6) is 0. The molecule has 23 heavy (non-hydrogen) atoms. The number of anilines is 1. The molecule has 2 aliphatic rings. The average molecular weight is 404 g/mol. The van der Waals surface area contributed by atoms with E-state index in [1.165, 1.54) is 5.56 Å². The van der Waals surface area contributed by atoms with Gasteiger partial charge in [0.25, 0.3) is 0 Å². The van der Waals surface area contributed by atoms with Gasteiger partial charge in [0, 0.05) is 16.4 Å². The van der Waals surface area contributed by atoms with Crippen LogP contribution in [0.3, 0.4) is 0 Å². The van der Waals surface area contributed by atoms with Gasteiger partial charge in [-0.05, 0) is 70.5 Å². The van der Waals surface area contributed by atoms with Crippen LogP contribution in [0.5, 0.6) is 0 Å². The first-order valence-electron chi connectivity index (χ1n) is 7.82. The largest absolute Gasteiger partial charge is 0.443 e. The van der Waals surface area contributed by atoms with Crippen molar-refractivity contribution in [2.75, 3.05) is 24.5 Å². The van der Waals surface area contributed by atoms with Crippen molar-refractivity contribution in [3.63, 3.8) is 0 Å². The number of nitrogens with zero attached hydrogens (tertiary/aromatic N) is 1. The Kier molecular flexibility index (Phi) is 5.34. The third-order valence-electron chi connectivity index (χ3n) is 4.46. The summed E-state index contributed by atoms with van der Waals surface area (Å²) < 4.78 is 6.67. The number of rotatable bonds is 0.